The lowest BCUT2D eigenvalue weighted by atomic mass is 9.79. The van der Waals surface area contributed by atoms with Crippen molar-refractivity contribution in [3.05, 3.63) is 12.2 Å². The molecule has 0 bridgehead atoms. The molecule has 12 heavy (non-hydrogen) atoms. The number of alkyl halides is 1. The van der Waals surface area contributed by atoms with Crippen molar-refractivity contribution < 1.29 is 0 Å². The van der Waals surface area contributed by atoms with Crippen LogP contribution in [-0.2, 0) is 0 Å². The first-order valence-corrected chi connectivity index (χ1v) is 6.05. The number of halogens is 1. The highest BCUT2D eigenvalue weighted by Gasteiger charge is 2.30. The number of hydrogen-bond acceptors (Lipinski definition) is 0. The van der Waals surface area contributed by atoms with Crippen molar-refractivity contribution in [1.82, 2.24) is 0 Å². The van der Waals surface area contributed by atoms with Gasteiger partial charge >= 0.3 is 0 Å². The van der Waals surface area contributed by atoms with Crippen LogP contribution in [-0.4, -0.2) is 5.33 Å². The van der Waals surface area contributed by atoms with Crippen LogP contribution in [0.25, 0.3) is 0 Å². The summed E-state index contributed by atoms with van der Waals surface area (Å²) in [6.45, 7) is 4.65. The Morgan fingerprint density at radius 3 is 2.42 bits per heavy atom. The molecule has 1 rings (SSSR count). The topological polar surface area (TPSA) is 0 Å². The Bertz CT molecular complexity index is 152. The van der Waals surface area contributed by atoms with Crippen molar-refractivity contribution in [3.8, 4) is 0 Å². The molecule has 0 radical (unpaired) electrons. The normalized spacial score (nSPS) is 22.9. The summed E-state index contributed by atoms with van der Waals surface area (Å²) in [5, 5.41) is 1.16. The highest BCUT2D eigenvalue weighted by Crippen LogP contribution is 2.41. The van der Waals surface area contributed by atoms with E-state index in [0.29, 0.717) is 5.41 Å². The molecule has 1 unspecified atom stereocenters. The Balaban J connectivity index is 2.45. The Labute approximate surface area is 84.6 Å². The van der Waals surface area contributed by atoms with Crippen LogP contribution in [0.2, 0.25) is 0 Å². The second-order valence-electron chi connectivity index (χ2n) is 4.23. The van der Waals surface area contributed by atoms with Gasteiger partial charge in [-0.15, -0.1) is 0 Å². The van der Waals surface area contributed by atoms with Crippen LogP contribution in [0.15, 0.2) is 12.2 Å². The monoisotopic (exact) mass is 230 g/mol. The molecule has 0 N–H and O–H groups in total. The summed E-state index contributed by atoms with van der Waals surface area (Å²) in [4.78, 5) is 0. The van der Waals surface area contributed by atoms with Crippen LogP contribution in [0.1, 0.15) is 39.5 Å². The van der Waals surface area contributed by atoms with Crippen LogP contribution >= 0.6 is 15.9 Å². The molecular formula is C11H19Br. The fourth-order valence-electron chi connectivity index (χ4n) is 1.96. The van der Waals surface area contributed by atoms with Gasteiger partial charge in [0.15, 0.2) is 0 Å². The minimum absolute atomic E-state index is 0.565. The second-order valence-corrected chi connectivity index (χ2v) is 4.79. The van der Waals surface area contributed by atoms with Gasteiger partial charge in [-0.1, -0.05) is 48.4 Å². The summed E-state index contributed by atoms with van der Waals surface area (Å²) in [5.41, 5.74) is 0.565. The van der Waals surface area contributed by atoms with E-state index in [1.807, 2.05) is 0 Å². The number of rotatable bonds is 4. The van der Waals surface area contributed by atoms with Crippen LogP contribution in [0, 0.1) is 11.3 Å². The summed E-state index contributed by atoms with van der Waals surface area (Å²) < 4.78 is 0. The van der Waals surface area contributed by atoms with Gasteiger partial charge in [0.2, 0.25) is 0 Å². The summed E-state index contributed by atoms with van der Waals surface area (Å²) >= 11 is 3.65. The Morgan fingerprint density at radius 1 is 1.42 bits per heavy atom. The molecule has 0 aromatic rings. The molecule has 0 amide bonds. The molecule has 1 atom stereocenters. The molecule has 0 heterocycles. The van der Waals surface area contributed by atoms with Gasteiger partial charge in [0.05, 0.1) is 0 Å². The first kappa shape index (κ1) is 10.3. The van der Waals surface area contributed by atoms with E-state index in [1.165, 1.54) is 25.7 Å². The van der Waals surface area contributed by atoms with E-state index < -0.39 is 0 Å². The smallest absolute Gasteiger partial charge is 0.00940 e. The fraction of sp³-hybridized carbons (Fsp3) is 0.818. The third kappa shape index (κ3) is 2.35. The molecule has 0 saturated heterocycles. The second kappa shape index (κ2) is 4.45. The Hall–Kier alpha value is 0.220. The van der Waals surface area contributed by atoms with Crippen LogP contribution in [0.5, 0.6) is 0 Å². The molecule has 0 spiro atoms. The van der Waals surface area contributed by atoms with E-state index >= 15 is 0 Å². The summed E-state index contributed by atoms with van der Waals surface area (Å²) in [7, 11) is 0. The first-order valence-electron chi connectivity index (χ1n) is 4.93. The van der Waals surface area contributed by atoms with Gasteiger partial charge in [-0.25, -0.2) is 0 Å². The molecule has 0 saturated carbocycles. The lowest BCUT2D eigenvalue weighted by Crippen LogP contribution is -2.21. The minimum atomic E-state index is 0.565. The predicted octanol–water partition coefficient (Wildman–Crippen LogP) is 4.15. The third-order valence-corrected chi connectivity index (χ3v) is 4.22. The van der Waals surface area contributed by atoms with Gasteiger partial charge in [-0.05, 0) is 30.6 Å². The largest absolute Gasteiger partial charge is 0.0922 e. The van der Waals surface area contributed by atoms with Gasteiger partial charge in [-0.3, -0.25) is 0 Å². The molecule has 0 fully saturated rings. The molecular weight excluding hydrogens is 212 g/mol. The van der Waals surface area contributed by atoms with Crippen molar-refractivity contribution in [2.75, 3.05) is 5.33 Å². The molecule has 0 aromatic carbocycles. The zero-order valence-electron chi connectivity index (χ0n) is 8.15. The highest BCUT2D eigenvalue weighted by atomic mass is 79.9. The Kier molecular flexibility index (Phi) is 3.82. The minimum Gasteiger partial charge on any atom is -0.0922 e. The average molecular weight is 231 g/mol. The van der Waals surface area contributed by atoms with E-state index in [-0.39, 0.29) is 0 Å². The summed E-state index contributed by atoms with van der Waals surface area (Å²) in [6.07, 6.45) is 9.93. The maximum absolute atomic E-state index is 3.65. The predicted molar refractivity (Wildman–Crippen MR) is 58.7 cm³/mol. The molecule has 1 aliphatic rings. The molecule has 70 valence electrons. The quantitative estimate of drug-likeness (QED) is 0.503. The van der Waals surface area contributed by atoms with Crippen molar-refractivity contribution in [3.63, 3.8) is 0 Å². The van der Waals surface area contributed by atoms with Gasteiger partial charge in [0.1, 0.15) is 0 Å². The summed E-state index contributed by atoms with van der Waals surface area (Å²) in [5.74, 6) is 0.877. The van der Waals surface area contributed by atoms with E-state index in [2.05, 4.69) is 41.9 Å². The molecule has 0 nitrogen and oxygen atoms in total. The van der Waals surface area contributed by atoms with Gasteiger partial charge < -0.3 is 0 Å². The van der Waals surface area contributed by atoms with Crippen LogP contribution in [0.4, 0.5) is 0 Å². The van der Waals surface area contributed by atoms with Gasteiger partial charge in [-0.2, -0.15) is 0 Å². The van der Waals surface area contributed by atoms with Crippen molar-refractivity contribution in [2.24, 2.45) is 11.3 Å². The van der Waals surface area contributed by atoms with Gasteiger partial charge in [0.25, 0.3) is 0 Å². The third-order valence-electron chi connectivity index (χ3n) is 3.03. The van der Waals surface area contributed by atoms with Gasteiger partial charge in [0, 0.05) is 5.33 Å². The number of allylic oxidation sites excluding steroid dienone is 2. The lowest BCUT2D eigenvalue weighted by molar-refractivity contribution is 0.271. The average Bonchev–Trinajstić information content (AvgIpc) is 2.54. The first-order chi connectivity index (χ1) is 5.72. The van der Waals surface area contributed by atoms with Crippen LogP contribution < -0.4 is 0 Å². The zero-order valence-corrected chi connectivity index (χ0v) is 9.73. The van der Waals surface area contributed by atoms with Crippen LogP contribution in [0.3, 0.4) is 0 Å². The SMILES string of the molecule is CCC(C)CC1(CBr)CC=CC1. The maximum atomic E-state index is 3.65. The van der Waals surface area contributed by atoms with Crippen molar-refractivity contribution in [1.29, 1.82) is 0 Å². The van der Waals surface area contributed by atoms with Crippen molar-refractivity contribution in [2.45, 2.75) is 39.5 Å². The molecule has 0 aromatic heterocycles. The standard InChI is InChI=1S/C11H19Br/c1-3-10(2)8-11(9-12)6-4-5-7-11/h4-5,10H,3,6-9H2,1-2H3. The lowest BCUT2D eigenvalue weighted by Gasteiger charge is -2.29. The molecule has 0 aliphatic heterocycles. The molecule has 1 heteroatoms. The van der Waals surface area contributed by atoms with E-state index in [0.717, 1.165) is 11.2 Å². The highest BCUT2D eigenvalue weighted by molar-refractivity contribution is 9.09. The summed E-state index contributed by atoms with van der Waals surface area (Å²) in [6, 6.07) is 0. The van der Waals surface area contributed by atoms with E-state index in [9.17, 15) is 0 Å². The molecule has 1 aliphatic carbocycles. The van der Waals surface area contributed by atoms with Crippen molar-refractivity contribution >= 4 is 15.9 Å². The Morgan fingerprint density at radius 2 is 2.00 bits per heavy atom. The van der Waals surface area contributed by atoms with E-state index in [1.54, 1.807) is 0 Å². The number of hydrogen-bond donors (Lipinski definition) is 0. The maximum Gasteiger partial charge on any atom is 0.00940 e. The fourth-order valence-corrected chi connectivity index (χ4v) is 2.65. The zero-order chi connectivity index (χ0) is 9.03. The van der Waals surface area contributed by atoms with E-state index in [4.69, 9.17) is 0 Å².